The molecule has 1 aliphatic heterocycles. The average Bonchev–Trinajstić information content (AvgIpc) is 2.82. The first kappa shape index (κ1) is 24.9. The van der Waals surface area contributed by atoms with Crippen LogP contribution in [0.3, 0.4) is 0 Å². The van der Waals surface area contributed by atoms with E-state index in [0.717, 1.165) is 25.1 Å². The molecule has 2 atom stereocenters. The highest BCUT2D eigenvalue weighted by Crippen LogP contribution is 2.26. The molecule has 33 heavy (non-hydrogen) atoms. The van der Waals surface area contributed by atoms with Gasteiger partial charge in [-0.25, -0.2) is 0 Å². The van der Waals surface area contributed by atoms with Crippen LogP contribution >= 0.6 is 0 Å². The second kappa shape index (κ2) is 12.0. The second-order valence-corrected chi connectivity index (χ2v) is 9.45. The van der Waals surface area contributed by atoms with Crippen molar-refractivity contribution in [1.82, 2.24) is 15.1 Å². The maximum atomic E-state index is 13.4. The molecule has 1 aliphatic rings. The van der Waals surface area contributed by atoms with Crippen LogP contribution in [0.1, 0.15) is 48.2 Å². The number of nitrogens with one attached hydrogen (secondary N) is 1. The van der Waals surface area contributed by atoms with Gasteiger partial charge in [-0.05, 0) is 43.4 Å². The predicted molar refractivity (Wildman–Crippen MR) is 133 cm³/mol. The lowest BCUT2D eigenvalue weighted by atomic mass is 9.93. The summed E-state index contributed by atoms with van der Waals surface area (Å²) in [6, 6.07) is 17.7. The molecular formula is C27H38N4O2. The first-order chi connectivity index (χ1) is 15.9. The van der Waals surface area contributed by atoms with Crippen LogP contribution in [0.5, 0.6) is 0 Å². The molecule has 6 nitrogen and oxygen atoms in total. The van der Waals surface area contributed by atoms with Gasteiger partial charge < -0.3 is 16.0 Å². The van der Waals surface area contributed by atoms with Crippen molar-refractivity contribution in [3.8, 4) is 0 Å². The van der Waals surface area contributed by atoms with E-state index in [2.05, 4.69) is 48.3 Å². The minimum atomic E-state index is -0.505. The van der Waals surface area contributed by atoms with E-state index in [1.54, 1.807) is 4.90 Å². The predicted octanol–water partition coefficient (Wildman–Crippen LogP) is 3.20. The standard InChI is InChI=1S/C27H38N4O2/c1-20(2)18-30(19-22-7-5-4-6-8-22)24-13-16-31(25(17-24)26(32)29-15-14-28)27(33)23-11-9-21(3)10-12-23/h4-12,20,24-25H,13-19,28H2,1-3H3,(H,29,32)/t24?,25-/m1/s1. The van der Waals surface area contributed by atoms with Gasteiger partial charge >= 0.3 is 0 Å². The number of hydrogen-bond acceptors (Lipinski definition) is 4. The van der Waals surface area contributed by atoms with E-state index in [0.29, 0.717) is 37.5 Å². The smallest absolute Gasteiger partial charge is 0.254 e. The molecule has 1 saturated heterocycles. The maximum Gasteiger partial charge on any atom is 0.254 e. The summed E-state index contributed by atoms with van der Waals surface area (Å²) in [4.78, 5) is 30.7. The van der Waals surface area contributed by atoms with Crippen molar-refractivity contribution in [2.24, 2.45) is 11.7 Å². The number of hydrogen-bond donors (Lipinski definition) is 2. The van der Waals surface area contributed by atoms with E-state index in [4.69, 9.17) is 5.73 Å². The quantitative estimate of drug-likeness (QED) is 0.615. The van der Waals surface area contributed by atoms with E-state index < -0.39 is 6.04 Å². The number of piperidine rings is 1. The van der Waals surface area contributed by atoms with E-state index in [1.807, 2.05) is 37.3 Å². The lowest BCUT2D eigenvalue weighted by molar-refractivity contribution is -0.127. The zero-order valence-corrected chi connectivity index (χ0v) is 20.2. The molecule has 1 fully saturated rings. The normalized spacial score (nSPS) is 18.5. The van der Waals surface area contributed by atoms with Crippen LogP contribution < -0.4 is 11.1 Å². The number of likely N-dealkylation sites (tertiary alicyclic amines) is 1. The van der Waals surface area contributed by atoms with Gasteiger partial charge in [0, 0.05) is 44.3 Å². The van der Waals surface area contributed by atoms with Gasteiger partial charge in [0.25, 0.3) is 5.91 Å². The molecule has 2 aromatic rings. The molecule has 0 spiro atoms. The SMILES string of the molecule is Cc1ccc(C(=O)N2CCC(N(Cc3ccccc3)CC(C)C)C[C@@H]2C(=O)NCCN)cc1. The highest BCUT2D eigenvalue weighted by Gasteiger charge is 2.38. The Morgan fingerprint density at radius 3 is 2.45 bits per heavy atom. The number of benzene rings is 2. The Morgan fingerprint density at radius 2 is 1.82 bits per heavy atom. The summed E-state index contributed by atoms with van der Waals surface area (Å²) in [6.07, 6.45) is 1.46. The largest absolute Gasteiger partial charge is 0.353 e. The van der Waals surface area contributed by atoms with Crippen molar-refractivity contribution >= 4 is 11.8 Å². The Bertz CT molecular complexity index is 898. The van der Waals surface area contributed by atoms with Crippen molar-refractivity contribution in [2.75, 3.05) is 26.2 Å². The molecular weight excluding hydrogens is 412 g/mol. The molecule has 3 N–H and O–H groups in total. The highest BCUT2D eigenvalue weighted by molar-refractivity contribution is 5.97. The van der Waals surface area contributed by atoms with Crippen LogP contribution in [0.25, 0.3) is 0 Å². The Morgan fingerprint density at radius 1 is 1.12 bits per heavy atom. The van der Waals surface area contributed by atoms with E-state index in [-0.39, 0.29) is 17.9 Å². The van der Waals surface area contributed by atoms with E-state index >= 15 is 0 Å². The zero-order chi connectivity index (χ0) is 23.8. The fourth-order valence-electron chi connectivity index (χ4n) is 4.57. The van der Waals surface area contributed by atoms with Gasteiger partial charge in [0.05, 0.1) is 0 Å². The minimum Gasteiger partial charge on any atom is -0.353 e. The molecule has 2 amide bonds. The number of nitrogens with zero attached hydrogens (tertiary/aromatic N) is 2. The monoisotopic (exact) mass is 450 g/mol. The molecule has 0 radical (unpaired) electrons. The van der Waals surface area contributed by atoms with Gasteiger partial charge in [-0.2, -0.15) is 0 Å². The molecule has 3 rings (SSSR count). The maximum absolute atomic E-state index is 13.4. The lowest BCUT2D eigenvalue weighted by Gasteiger charge is -2.43. The molecule has 1 heterocycles. The third-order valence-electron chi connectivity index (χ3n) is 6.22. The van der Waals surface area contributed by atoms with Gasteiger partial charge in [-0.15, -0.1) is 0 Å². The number of carbonyl (C=O) groups excluding carboxylic acids is 2. The van der Waals surface area contributed by atoms with Crippen LogP contribution in [0.2, 0.25) is 0 Å². The number of rotatable bonds is 9. The summed E-state index contributed by atoms with van der Waals surface area (Å²) in [5.74, 6) is 0.306. The summed E-state index contributed by atoms with van der Waals surface area (Å²) in [7, 11) is 0. The van der Waals surface area contributed by atoms with Crippen LogP contribution in [0, 0.1) is 12.8 Å². The Balaban J connectivity index is 1.82. The number of aryl methyl sites for hydroxylation is 1. The highest BCUT2D eigenvalue weighted by atomic mass is 16.2. The second-order valence-electron chi connectivity index (χ2n) is 9.45. The van der Waals surface area contributed by atoms with E-state index in [1.165, 1.54) is 5.56 Å². The molecule has 178 valence electrons. The molecule has 1 unspecified atom stereocenters. The number of amides is 2. The fourth-order valence-corrected chi connectivity index (χ4v) is 4.57. The molecule has 6 heteroatoms. The Labute approximate surface area is 198 Å². The van der Waals surface area contributed by atoms with Crippen molar-refractivity contribution in [2.45, 2.75) is 52.2 Å². The summed E-state index contributed by atoms with van der Waals surface area (Å²) >= 11 is 0. The van der Waals surface area contributed by atoms with Crippen molar-refractivity contribution in [3.05, 3.63) is 71.3 Å². The first-order valence-corrected chi connectivity index (χ1v) is 12.0. The van der Waals surface area contributed by atoms with Crippen LogP contribution in [-0.2, 0) is 11.3 Å². The van der Waals surface area contributed by atoms with Crippen LogP contribution in [0.15, 0.2) is 54.6 Å². The number of carbonyl (C=O) groups is 2. The van der Waals surface area contributed by atoms with Gasteiger partial charge in [0.2, 0.25) is 5.91 Å². The third kappa shape index (κ3) is 6.89. The molecule has 0 saturated carbocycles. The fraction of sp³-hybridized carbons (Fsp3) is 0.481. The minimum absolute atomic E-state index is 0.0835. The Kier molecular flexibility index (Phi) is 9.03. The summed E-state index contributed by atoms with van der Waals surface area (Å²) in [6.45, 7) is 9.57. The lowest BCUT2D eigenvalue weighted by Crippen LogP contribution is -2.57. The molecule has 0 aliphatic carbocycles. The zero-order valence-electron chi connectivity index (χ0n) is 20.2. The molecule has 0 bridgehead atoms. The van der Waals surface area contributed by atoms with Gasteiger partial charge in [-0.1, -0.05) is 61.9 Å². The van der Waals surface area contributed by atoms with Crippen LogP contribution in [0.4, 0.5) is 0 Å². The van der Waals surface area contributed by atoms with Crippen molar-refractivity contribution in [1.29, 1.82) is 0 Å². The average molecular weight is 451 g/mol. The van der Waals surface area contributed by atoms with Crippen molar-refractivity contribution in [3.63, 3.8) is 0 Å². The van der Waals surface area contributed by atoms with E-state index in [9.17, 15) is 9.59 Å². The van der Waals surface area contributed by atoms with Crippen molar-refractivity contribution < 1.29 is 9.59 Å². The van der Waals surface area contributed by atoms with Crippen LogP contribution in [-0.4, -0.2) is 59.9 Å². The molecule has 0 aromatic heterocycles. The Hall–Kier alpha value is -2.70. The topological polar surface area (TPSA) is 78.7 Å². The number of nitrogens with two attached hydrogens (primary N) is 1. The summed E-state index contributed by atoms with van der Waals surface area (Å²) in [5.41, 5.74) is 8.61. The summed E-state index contributed by atoms with van der Waals surface area (Å²) < 4.78 is 0. The third-order valence-corrected chi connectivity index (χ3v) is 6.22. The molecule has 2 aromatic carbocycles. The van der Waals surface area contributed by atoms with Gasteiger partial charge in [0.15, 0.2) is 0 Å². The van der Waals surface area contributed by atoms with Gasteiger partial charge in [-0.3, -0.25) is 14.5 Å². The summed E-state index contributed by atoms with van der Waals surface area (Å²) in [5, 5.41) is 2.92. The first-order valence-electron chi connectivity index (χ1n) is 12.0. The van der Waals surface area contributed by atoms with Gasteiger partial charge in [0.1, 0.15) is 6.04 Å².